The molecule has 0 N–H and O–H groups in total. The Morgan fingerprint density at radius 3 is 2.20 bits per heavy atom. The second-order valence-corrected chi connectivity index (χ2v) is 6.26. The first-order valence-corrected chi connectivity index (χ1v) is 7.79. The number of hydrogen-bond donors (Lipinski definition) is 0. The molecule has 0 aliphatic carbocycles. The Kier molecular flexibility index (Phi) is 5.38. The van der Waals surface area contributed by atoms with Crippen LogP contribution in [0.1, 0.15) is 22.3 Å². The fraction of sp³-hybridized carbons (Fsp3) is 0.188. The molecular weight excluding hydrogens is 384 g/mol. The highest BCUT2D eigenvalue weighted by Crippen LogP contribution is 2.21. The lowest BCUT2D eigenvalue weighted by Crippen LogP contribution is -2.01. The first kappa shape index (κ1) is 15.3. The number of benzene rings is 2. The zero-order valence-electron chi connectivity index (χ0n) is 11.0. The molecule has 0 aliphatic rings. The molecule has 2 aromatic rings. The molecule has 0 aliphatic heterocycles. The van der Waals surface area contributed by atoms with E-state index in [1.807, 2.05) is 42.5 Å². The molecule has 0 spiro atoms. The number of ether oxygens (including phenoxy) is 1. The molecule has 2 rings (SSSR count). The molecule has 0 unspecified atom stereocenters. The van der Waals surface area contributed by atoms with Gasteiger partial charge in [0.15, 0.2) is 5.78 Å². The Bertz CT molecular complexity index is 586. The second kappa shape index (κ2) is 7.04. The number of methoxy groups -OCH3 is 1. The van der Waals surface area contributed by atoms with Crippen molar-refractivity contribution in [2.45, 2.75) is 12.8 Å². The summed E-state index contributed by atoms with van der Waals surface area (Å²) in [5, 5.41) is 0. The van der Waals surface area contributed by atoms with Crippen LogP contribution in [0.2, 0.25) is 0 Å². The molecule has 0 amide bonds. The molecule has 0 aromatic heterocycles. The summed E-state index contributed by atoms with van der Waals surface area (Å²) in [6.45, 7) is 0. The van der Waals surface area contributed by atoms with E-state index in [2.05, 4.69) is 31.9 Å². The van der Waals surface area contributed by atoms with Gasteiger partial charge in [-0.1, -0.05) is 44.0 Å². The van der Waals surface area contributed by atoms with E-state index in [0.29, 0.717) is 6.42 Å². The van der Waals surface area contributed by atoms with Crippen LogP contribution in [0.5, 0.6) is 5.75 Å². The van der Waals surface area contributed by atoms with Gasteiger partial charge in [-0.3, -0.25) is 4.79 Å². The predicted molar refractivity (Wildman–Crippen MR) is 87.5 cm³/mol. The van der Waals surface area contributed by atoms with Crippen LogP contribution in [0.3, 0.4) is 0 Å². The summed E-state index contributed by atoms with van der Waals surface area (Å²) >= 11 is 6.79. The number of halogens is 2. The normalized spacial score (nSPS) is 10.3. The van der Waals surface area contributed by atoms with Crippen LogP contribution in [-0.4, -0.2) is 12.9 Å². The van der Waals surface area contributed by atoms with Gasteiger partial charge < -0.3 is 4.74 Å². The van der Waals surface area contributed by atoms with Crippen molar-refractivity contribution in [1.29, 1.82) is 0 Å². The number of aryl methyl sites for hydroxylation is 1. The van der Waals surface area contributed by atoms with E-state index in [1.54, 1.807) is 7.11 Å². The topological polar surface area (TPSA) is 26.3 Å². The lowest BCUT2D eigenvalue weighted by Gasteiger charge is -2.05. The van der Waals surface area contributed by atoms with Crippen molar-refractivity contribution in [3.05, 3.63) is 62.5 Å². The number of Topliss-reactive ketones (excluding diaryl/α,β-unsaturated/α-hetero) is 1. The molecule has 0 heterocycles. The van der Waals surface area contributed by atoms with Gasteiger partial charge in [-0.15, -0.1) is 0 Å². The number of carbonyl (C=O) groups excluding carboxylic acids is 1. The summed E-state index contributed by atoms with van der Waals surface area (Å²) in [6.07, 6.45) is 1.22. The van der Waals surface area contributed by atoms with E-state index in [0.717, 1.165) is 32.2 Å². The smallest absolute Gasteiger partial charge is 0.163 e. The fourth-order valence-electron chi connectivity index (χ4n) is 1.91. The number of hydrogen-bond acceptors (Lipinski definition) is 2. The fourth-order valence-corrected chi connectivity index (χ4v) is 3.20. The third kappa shape index (κ3) is 4.18. The second-order valence-electron chi connectivity index (χ2n) is 4.43. The van der Waals surface area contributed by atoms with Crippen molar-refractivity contribution in [3.63, 3.8) is 0 Å². The number of carbonyl (C=O) groups is 1. The molecule has 0 saturated heterocycles. The highest BCUT2D eigenvalue weighted by atomic mass is 79.9. The molecule has 0 saturated carbocycles. The molecule has 0 radical (unpaired) electrons. The maximum atomic E-state index is 12.2. The van der Waals surface area contributed by atoms with Gasteiger partial charge in [0, 0.05) is 20.9 Å². The van der Waals surface area contributed by atoms with Crippen LogP contribution >= 0.6 is 31.9 Å². The van der Waals surface area contributed by atoms with Crippen LogP contribution in [0.25, 0.3) is 0 Å². The van der Waals surface area contributed by atoms with E-state index in [1.165, 1.54) is 0 Å². The van der Waals surface area contributed by atoms with Crippen molar-refractivity contribution in [2.75, 3.05) is 7.11 Å². The van der Waals surface area contributed by atoms with Gasteiger partial charge in [-0.05, 0) is 42.3 Å². The summed E-state index contributed by atoms with van der Waals surface area (Å²) in [4.78, 5) is 12.2. The third-order valence-electron chi connectivity index (χ3n) is 2.98. The minimum Gasteiger partial charge on any atom is -0.497 e. The summed E-state index contributed by atoms with van der Waals surface area (Å²) in [6, 6.07) is 13.4. The monoisotopic (exact) mass is 396 g/mol. The predicted octanol–water partition coefficient (Wildman–Crippen LogP) is 5.04. The minimum absolute atomic E-state index is 0.141. The van der Waals surface area contributed by atoms with Crippen molar-refractivity contribution < 1.29 is 9.53 Å². The van der Waals surface area contributed by atoms with Crippen molar-refractivity contribution in [2.24, 2.45) is 0 Å². The quantitative estimate of drug-likeness (QED) is 0.661. The first-order chi connectivity index (χ1) is 9.58. The standard InChI is InChI=1S/C16H14Br2O2/c1-20-15-5-2-11(3-6-15)4-7-16(19)12-8-13(17)10-14(18)9-12/h2-3,5-6,8-10H,4,7H2,1H3. The summed E-state index contributed by atoms with van der Waals surface area (Å²) in [5.74, 6) is 0.971. The van der Waals surface area contributed by atoms with E-state index in [-0.39, 0.29) is 5.78 Å². The van der Waals surface area contributed by atoms with Gasteiger partial charge in [0.1, 0.15) is 5.75 Å². The number of rotatable bonds is 5. The lowest BCUT2D eigenvalue weighted by molar-refractivity contribution is 0.0982. The van der Waals surface area contributed by atoms with Crippen LogP contribution in [0.4, 0.5) is 0 Å². The maximum Gasteiger partial charge on any atom is 0.163 e. The average Bonchev–Trinajstić information content (AvgIpc) is 2.44. The van der Waals surface area contributed by atoms with Crippen LogP contribution < -0.4 is 4.74 Å². The van der Waals surface area contributed by atoms with Gasteiger partial charge in [-0.25, -0.2) is 0 Å². The third-order valence-corrected chi connectivity index (χ3v) is 3.90. The zero-order chi connectivity index (χ0) is 14.5. The Labute approximate surface area is 135 Å². The van der Waals surface area contributed by atoms with E-state index < -0.39 is 0 Å². The Balaban J connectivity index is 2.00. The number of ketones is 1. The molecular formula is C16H14Br2O2. The van der Waals surface area contributed by atoms with Crippen LogP contribution in [-0.2, 0) is 6.42 Å². The molecule has 104 valence electrons. The van der Waals surface area contributed by atoms with Crippen molar-refractivity contribution in [3.8, 4) is 5.75 Å². The molecule has 2 nitrogen and oxygen atoms in total. The van der Waals surface area contributed by atoms with Crippen molar-refractivity contribution >= 4 is 37.6 Å². The SMILES string of the molecule is COc1ccc(CCC(=O)c2cc(Br)cc(Br)c2)cc1. The largest absolute Gasteiger partial charge is 0.497 e. The molecule has 0 atom stereocenters. The summed E-state index contributed by atoms with van der Waals surface area (Å²) in [7, 11) is 1.64. The van der Waals surface area contributed by atoms with Crippen LogP contribution in [0, 0.1) is 0 Å². The van der Waals surface area contributed by atoms with Crippen LogP contribution in [0.15, 0.2) is 51.4 Å². The van der Waals surface area contributed by atoms with E-state index >= 15 is 0 Å². The van der Waals surface area contributed by atoms with Gasteiger partial charge in [0.05, 0.1) is 7.11 Å². The molecule has 2 aromatic carbocycles. The van der Waals surface area contributed by atoms with E-state index in [4.69, 9.17) is 4.74 Å². The Hall–Kier alpha value is -1.13. The zero-order valence-corrected chi connectivity index (χ0v) is 14.2. The van der Waals surface area contributed by atoms with Gasteiger partial charge in [-0.2, -0.15) is 0 Å². The van der Waals surface area contributed by atoms with Crippen molar-refractivity contribution in [1.82, 2.24) is 0 Å². The Morgan fingerprint density at radius 2 is 1.65 bits per heavy atom. The molecule has 0 fully saturated rings. The highest BCUT2D eigenvalue weighted by molar-refractivity contribution is 9.11. The lowest BCUT2D eigenvalue weighted by atomic mass is 10.0. The maximum absolute atomic E-state index is 12.2. The van der Waals surface area contributed by atoms with Gasteiger partial charge >= 0.3 is 0 Å². The van der Waals surface area contributed by atoms with Gasteiger partial charge in [0.2, 0.25) is 0 Å². The molecule has 0 bridgehead atoms. The summed E-state index contributed by atoms with van der Waals surface area (Å²) in [5.41, 5.74) is 1.85. The summed E-state index contributed by atoms with van der Waals surface area (Å²) < 4.78 is 6.92. The average molecular weight is 398 g/mol. The molecule has 20 heavy (non-hydrogen) atoms. The Morgan fingerprint density at radius 1 is 1.05 bits per heavy atom. The highest BCUT2D eigenvalue weighted by Gasteiger charge is 2.08. The molecule has 4 heteroatoms. The van der Waals surface area contributed by atoms with E-state index in [9.17, 15) is 4.79 Å². The van der Waals surface area contributed by atoms with Gasteiger partial charge in [0.25, 0.3) is 0 Å². The first-order valence-electron chi connectivity index (χ1n) is 6.20. The minimum atomic E-state index is 0.141.